The summed E-state index contributed by atoms with van der Waals surface area (Å²) in [6, 6.07) is 0.796. The van der Waals surface area contributed by atoms with Gasteiger partial charge in [-0.25, -0.2) is 0 Å². The Morgan fingerprint density at radius 2 is 1.91 bits per heavy atom. The molecule has 23 heavy (non-hydrogen) atoms. The van der Waals surface area contributed by atoms with Crippen LogP contribution in [-0.4, -0.2) is 61.6 Å². The highest BCUT2D eigenvalue weighted by atomic mass is 127. The van der Waals surface area contributed by atoms with Gasteiger partial charge in [-0.15, -0.1) is 24.0 Å². The predicted molar refractivity (Wildman–Crippen MR) is 111 cm³/mol. The van der Waals surface area contributed by atoms with Gasteiger partial charge in [-0.05, 0) is 64.5 Å². The van der Waals surface area contributed by atoms with Crippen LogP contribution < -0.4 is 5.32 Å². The van der Waals surface area contributed by atoms with Gasteiger partial charge in [0.1, 0.15) is 0 Å². The van der Waals surface area contributed by atoms with Gasteiger partial charge in [0.2, 0.25) is 0 Å². The number of hydrogen-bond donors (Lipinski definition) is 1. The summed E-state index contributed by atoms with van der Waals surface area (Å²) in [5, 5.41) is 3.57. The van der Waals surface area contributed by atoms with Crippen LogP contribution in [0.4, 0.5) is 0 Å². The highest BCUT2D eigenvalue weighted by Crippen LogP contribution is 2.17. The molecule has 0 amide bonds. The van der Waals surface area contributed by atoms with Crippen molar-refractivity contribution in [1.29, 1.82) is 0 Å². The first kappa shape index (κ1) is 21.0. The second-order valence-electron chi connectivity index (χ2n) is 7.26. The van der Waals surface area contributed by atoms with Crippen LogP contribution >= 0.6 is 24.0 Å². The molecule has 1 N–H and O–H groups in total. The Bertz CT molecular complexity index is 348. The van der Waals surface area contributed by atoms with E-state index in [1.54, 1.807) is 0 Å². The number of guanidine groups is 1. The van der Waals surface area contributed by atoms with Gasteiger partial charge in [-0.3, -0.25) is 4.99 Å². The summed E-state index contributed by atoms with van der Waals surface area (Å²) in [7, 11) is 1.91. The maximum Gasteiger partial charge on any atom is 0.193 e. The van der Waals surface area contributed by atoms with Gasteiger partial charge in [0.05, 0.1) is 0 Å². The van der Waals surface area contributed by atoms with E-state index in [0.29, 0.717) is 0 Å². The fourth-order valence-corrected chi connectivity index (χ4v) is 3.84. The molecule has 2 aliphatic rings. The molecule has 4 nitrogen and oxygen atoms in total. The van der Waals surface area contributed by atoms with Crippen LogP contribution in [0.3, 0.4) is 0 Å². The number of likely N-dealkylation sites (tertiary alicyclic amines) is 2. The van der Waals surface area contributed by atoms with Crippen molar-refractivity contribution in [2.24, 2.45) is 10.9 Å². The molecule has 2 fully saturated rings. The predicted octanol–water partition coefficient (Wildman–Crippen LogP) is 3.57. The molecule has 0 aromatic carbocycles. The van der Waals surface area contributed by atoms with Crippen LogP contribution in [0.25, 0.3) is 0 Å². The van der Waals surface area contributed by atoms with Crippen molar-refractivity contribution >= 4 is 29.9 Å². The molecule has 0 aliphatic carbocycles. The van der Waals surface area contributed by atoms with Gasteiger partial charge in [0.25, 0.3) is 0 Å². The first-order valence-electron chi connectivity index (χ1n) is 9.40. The molecule has 2 atom stereocenters. The van der Waals surface area contributed by atoms with Crippen molar-refractivity contribution in [3.63, 3.8) is 0 Å². The van der Waals surface area contributed by atoms with E-state index in [1.807, 2.05) is 7.05 Å². The average Bonchev–Trinajstić information content (AvgIpc) is 2.52. The lowest BCUT2D eigenvalue weighted by atomic mass is 10.0. The SMILES string of the molecule is CN=C(NCCCCN1CCCCC1C)N1CCCC(C)C1.I. The van der Waals surface area contributed by atoms with Crippen LogP contribution in [0.15, 0.2) is 4.99 Å². The Morgan fingerprint density at radius 1 is 1.09 bits per heavy atom. The van der Waals surface area contributed by atoms with Crippen LogP contribution in [0.1, 0.15) is 58.8 Å². The van der Waals surface area contributed by atoms with Crippen LogP contribution in [0, 0.1) is 5.92 Å². The zero-order chi connectivity index (χ0) is 15.8. The highest BCUT2D eigenvalue weighted by molar-refractivity contribution is 14.0. The minimum absolute atomic E-state index is 0. The van der Waals surface area contributed by atoms with Gasteiger partial charge in [0.15, 0.2) is 5.96 Å². The molecular formula is C18H37IN4. The van der Waals surface area contributed by atoms with Gasteiger partial charge in [-0.1, -0.05) is 13.3 Å². The van der Waals surface area contributed by atoms with E-state index in [2.05, 4.69) is 34.0 Å². The lowest BCUT2D eigenvalue weighted by Gasteiger charge is -2.34. The van der Waals surface area contributed by atoms with Crippen molar-refractivity contribution in [2.45, 2.75) is 64.8 Å². The summed E-state index contributed by atoms with van der Waals surface area (Å²) < 4.78 is 0. The molecule has 0 spiro atoms. The first-order valence-corrected chi connectivity index (χ1v) is 9.40. The lowest BCUT2D eigenvalue weighted by Crippen LogP contribution is -2.46. The molecule has 2 rings (SSSR count). The molecule has 0 bridgehead atoms. The third-order valence-corrected chi connectivity index (χ3v) is 5.26. The molecule has 2 aliphatic heterocycles. The third-order valence-electron chi connectivity index (χ3n) is 5.26. The third kappa shape index (κ3) is 7.16. The second-order valence-corrected chi connectivity index (χ2v) is 7.26. The quantitative estimate of drug-likeness (QED) is 0.310. The summed E-state index contributed by atoms with van der Waals surface area (Å²) in [5.41, 5.74) is 0. The number of piperidine rings is 2. The van der Waals surface area contributed by atoms with E-state index in [4.69, 9.17) is 0 Å². The zero-order valence-corrected chi connectivity index (χ0v) is 17.7. The van der Waals surface area contributed by atoms with E-state index >= 15 is 0 Å². The minimum atomic E-state index is 0. The maximum atomic E-state index is 4.47. The average molecular weight is 436 g/mol. The van der Waals surface area contributed by atoms with Gasteiger partial charge < -0.3 is 15.1 Å². The fourth-order valence-electron chi connectivity index (χ4n) is 3.84. The van der Waals surface area contributed by atoms with Crippen LogP contribution in [0.2, 0.25) is 0 Å². The molecule has 0 aromatic rings. The number of halogens is 1. The topological polar surface area (TPSA) is 30.9 Å². The Labute approximate surface area is 160 Å². The highest BCUT2D eigenvalue weighted by Gasteiger charge is 2.19. The molecule has 136 valence electrons. The molecule has 2 saturated heterocycles. The van der Waals surface area contributed by atoms with Crippen LogP contribution in [-0.2, 0) is 0 Å². The summed E-state index contributed by atoms with van der Waals surface area (Å²) in [6.07, 6.45) is 9.40. The van der Waals surface area contributed by atoms with Gasteiger partial charge >= 0.3 is 0 Å². The molecule has 5 heteroatoms. The summed E-state index contributed by atoms with van der Waals surface area (Å²) in [6.45, 7) is 10.7. The Balaban J connectivity index is 0.00000264. The van der Waals surface area contributed by atoms with E-state index in [-0.39, 0.29) is 24.0 Å². The fraction of sp³-hybridized carbons (Fsp3) is 0.944. The van der Waals surface area contributed by atoms with E-state index in [1.165, 1.54) is 58.0 Å². The standard InChI is InChI=1S/C18H36N4.HI/c1-16-9-8-14-22(15-16)18(19-3)20-11-5-7-13-21-12-6-4-10-17(21)2;/h16-17H,4-15H2,1-3H3,(H,19,20);1H. The lowest BCUT2D eigenvalue weighted by molar-refractivity contribution is 0.158. The summed E-state index contributed by atoms with van der Waals surface area (Å²) >= 11 is 0. The van der Waals surface area contributed by atoms with E-state index in [0.717, 1.165) is 37.6 Å². The molecule has 0 radical (unpaired) electrons. The molecule has 0 aromatic heterocycles. The monoisotopic (exact) mass is 436 g/mol. The van der Waals surface area contributed by atoms with Crippen molar-refractivity contribution in [3.05, 3.63) is 0 Å². The second kappa shape index (κ2) is 11.5. The van der Waals surface area contributed by atoms with Crippen molar-refractivity contribution in [3.8, 4) is 0 Å². The number of nitrogens with zero attached hydrogens (tertiary/aromatic N) is 3. The van der Waals surface area contributed by atoms with E-state index in [9.17, 15) is 0 Å². The van der Waals surface area contributed by atoms with Crippen molar-refractivity contribution in [1.82, 2.24) is 15.1 Å². The van der Waals surface area contributed by atoms with E-state index < -0.39 is 0 Å². The summed E-state index contributed by atoms with van der Waals surface area (Å²) in [5.74, 6) is 1.91. The van der Waals surface area contributed by atoms with Crippen molar-refractivity contribution < 1.29 is 0 Å². The smallest absolute Gasteiger partial charge is 0.193 e. The Hall–Kier alpha value is -0.0400. The van der Waals surface area contributed by atoms with Gasteiger partial charge in [-0.2, -0.15) is 0 Å². The van der Waals surface area contributed by atoms with Crippen LogP contribution in [0.5, 0.6) is 0 Å². The first-order chi connectivity index (χ1) is 10.7. The zero-order valence-electron chi connectivity index (χ0n) is 15.4. The Kier molecular flexibility index (Phi) is 10.5. The number of unbranched alkanes of at least 4 members (excludes halogenated alkanes) is 1. The number of aliphatic imine (C=N–C) groups is 1. The normalized spacial score (nSPS) is 26.7. The molecule has 2 heterocycles. The number of rotatable bonds is 5. The number of hydrogen-bond acceptors (Lipinski definition) is 2. The van der Waals surface area contributed by atoms with Gasteiger partial charge in [0, 0.05) is 32.7 Å². The molecule has 2 unspecified atom stereocenters. The minimum Gasteiger partial charge on any atom is -0.356 e. The summed E-state index contributed by atoms with van der Waals surface area (Å²) in [4.78, 5) is 9.57. The largest absolute Gasteiger partial charge is 0.356 e. The maximum absolute atomic E-state index is 4.47. The Morgan fingerprint density at radius 3 is 2.61 bits per heavy atom. The molecular weight excluding hydrogens is 399 g/mol. The number of nitrogens with one attached hydrogen (secondary N) is 1. The molecule has 0 saturated carbocycles. The van der Waals surface area contributed by atoms with Crippen molar-refractivity contribution in [2.75, 3.05) is 39.8 Å².